The van der Waals surface area contributed by atoms with Gasteiger partial charge in [-0.15, -0.1) is 0 Å². The van der Waals surface area contributed by atoms with Crippen LogP contribution in [0.4, 0.5) is 0 Å². The Bertz CT molecular complexity index is 13.0. The fourth-order valence-electron chi connectivity index (χ4n) is 0. The molecular formula is H6CuMgO6Zn. The Kier molecular flexibility index (Phi) is 10400. The maximum absolute atomic E-state index is 0. The fourth-order valence-corrected chi connectivity index (χ4v) is 0. The van der Waals surface area contributed by atoms with Crippen molar-refractivity contribution in [2.24, 2.45) is 0 Å². The standard InChI is InChI=1S/Cu.Mg.6H2O.Zn/h;;6*1H2;/q2*+2;;;;;;;+2/p-6. The summed E-state index contributed by atoms with van der Waals surface area (Å²) in [5.41, 5.74) is 0. The summed E-state index contributed by atoms with van der Waals surface area (Å²) in [6, 6.07) is 0. The Morgan fingerprint density at radius 2 is 0.444 bits per heavy atom. The third-order valence-electron chi connectivity index (χ3n) is 0. The van der Waals surface area contributed by atoms with E-state index >= 15 is 0 Å². The average molecular weight is 255 g/mol. The minimum atomic E-state index is 0. The van der Waals surface area contributed by atoms with Gasteiger partial charge in [-0.25, -0.2) is 0 Å². The largest absolute Gasteiger partial charge is 2.00 e. The maximum Gasteiger partial charge on any atom is 2.00 e. The third kappa shape index (κ3) is 204. The molecule has 6 N–H and O–H groups in total. The van der Waals surface area contributed by atoms with E-state index in [-0.39, 0.29) is 92.5 Å². The number of hydrogen-bond acceptors (Lipinski definition) is 6. The Morgan fingerprint density at radius 1 is 0.444 bits per heavy atom. The molecule has 0 amide bonds. The van der Waals surface area contributed by atoms with Crippen LogP contribution in [0, 0.1) is 0 Å². The van der Waals surface area contributed by atoms with Crippen molar-refractivity contribution < 1.29 is 69.4 Å². The van der Waals surface area contributed by atoms with Gasteiger partial charge >= 0.3 is 59.6 Å². The monoisotopic (exact) mass is 253 g/mol. The molecule has 0 unspecified atom stereocenters. The summed E-state index contributed by atoms with van der Waals surface area (Å²) < 4.78 is 0. The van der Waals surface area contributed by atoms with Gasteiger partial charge in [0.1, 0.15) is 0 Å². The van der Waals surface area contributed by atoms with E-state index in [1.165, 1.54) is 0 Å². The van der Waals surface area contributed by atoms with Crippen molar-refractivity contribution in [2.75, 3.05) is 0 Å². The molecule has 0 spiro atoms. The Labute approximate surface area is 92.0 Å². The first-order valence-corrected chi connectivity index (χ1v) is 0. The van der Waals surface area contributed by atoms with Crippen molar-refractivity contribution >= 4 is 23.1 Å². The van der Waals surface area contributed by atoms with Crippen LogP contribution < -0.4 is 0 Å². The summed E-state index contributed by atoms with van der Waals surface area (Å²) in [6.07, 6.45) is 0. The second kappa shape index (κ2) is 261. The molecule has 0 aromatic carbocycles. The molecule has 0 aliphatic carbocycles. The molecule has 1 radical (unpaired) electrons. The zero-order valence-corrected chi connectivity index (χ0v) is 9.72. The first-order valence-electron chi connectivity index (χ1n) is 0. The Balaban J connectivity index is 0. The summed E-state index contributed by atoms with van der Waals surface area (Å²) in [7, 11) is 0. The molecule has 0 heterocycles. The number of hydrogen-bond donors (Lipinski definition) is 0. The summed E-state index contributed by atoms with van der Waals surface area (Å²) in [4.78, 5) is 0. The first kappa shape index (κ1) is 358. The van der Waals surface area contributed by atoms with Crippen LogP contribution in [0.25, 0.3) is 0 Å². The van der Waals surface area contributed by atoms with Gasteiger partial charge in [0.05, 0.1) is 0 Å². The second-order valence-corrected chi connectivity index (χ2v) is 0. The van der Waals surface area contributed by atoms with Gasteiger partial charge in [0.2, 0.25) is 0 Å². The van der Waals surface area contributed by atoms with Crippen molar-refractivity contribution in [1.82, 2.24) is 0 Å². The molecule has 0 rings (SSSR count). The smallest absolute Gasteiger partial charge is 0.870 e. The minimum absolute atomic E-state index is 0. The van der Waals surface area contributed by atoms with Gasteiger partial charge in [-0.3, -0.25) is 0 Å². The van der Waals surface area contributed by atoms with Crippen molar-refractivity contribution in [3.8, 4) is 0 Å². The van der Waals surface area contributed by atoms with E-state index in [0.717, 1.165) is 0 Å². The van der Waals surface area contributed by atoms with E-state index in [1.807, 2.05) is 0 Å². The molecule has 0 saturated heterocycles. The quantitative estimate of drug-likeness (QED) is 0.477. The maximum atomic E-state index is 0. The molecule has 0 aromatic rings. The van der Waals surface area contributed by atoms with E-state index < -0.39 is 0 Å². The van der Waals surface area contributed by atoms with Gasteiger partial charge in [-0.1, -0.05) is 0 Å². The van der Waals surface area contributed by atoms with Crippen molar-refractivity contribution in [2.45, 2.75) is 0 Å². The van der Waals surface area contributed by atoms with Crippen molar-refractivity contribution in [1.29, 1.82) is 0 Å². The molecule has 57 valence electrons. The summed E-state index contributed by atoms with van der Waals surface area (Å²) in [5.74, 6) is 0. The van der Waals surface area contributed by atoms with Crippen LogP contribution in [0.15, 0.2) is 0 Å². The van der Waals surface area contributed by atoms with Crippen LogP contribution in [0.1, 0.15) is 0 Å². The first-order chi connectivity index (χ1) is 0. The predicted molar refractivity (Wildman–Crippen MR) is 17.4 cm³/mol. The molecule has 9 heavy (non-hydrogen) atoms. The van der Waals surface area contributed by atoms with Crippen LogP contribution in [-0.2, 0) is 36.5 Å². The molecule has 0 aromatic heterocycles. The average Bonchev–Trinajstić information content (AvgIpc) is 0. The molecule has 6 nitrogen and oxygen atoms in total. The van der Waals surface area contributed by atoms with Crippen molar-refractivity contribution in [3.05, 3.63) is 0 Å². The topological polar surface area (TPSA) is 180 Å². The SMILES string of the molecule is [Cu+2].[Mg+2].[OH-].[OH-].[OH-].[OH-].[OH-].[OH-].[Zn+2]. The molecule has 0 atom stereocenters. The number of rotatable bonds is 0. The van der Waals surface area contributed by atoms with Crippen LogP contribution >= 0.6 is 0 Å². The van der Waals surface area contributed by atoms with E-state index in [1.54, 1.807) is 0 Å². The zero-order chi connectivity index (χ0) is 0. The predicted octanol–water partition coefficient (Wildman–Crippen LogP) is -1.45. The molecule has 0 aliphatic rings. The van der Waals surface area contributed by atoms with Gasteiger partial charge in [0, 0.05) is 0 Å². The summed E-state index contributed by atoms with van der Waals surface area (Å²) >= 11 is 0. The fraction of sp³-hybridized carbons (Fsp3) is 0. The van der Waals surface area contributed by atoms with Crippen LogP contribution in [-0.4, -0.2) is 55.9 Å². The van der Waals surface area contributed by atoms with Gasteiger partial charge < -0.3 is 32.9 Å². The van der Waals surface area contributed by atoms with E-state index in [2.05, 4.69) is 0 Å². The van der Waals surface area contributed by atoms with Gasteiger partial charge in [0.15, 0.2) is 0 Å². The zero-order valence-electron chi connectivity index (χ0n) is 4.40. The van der Waals surface area contributed by atoms with Crippen LogP contribution in [0.5, 0.6) is 0 Å². The Hall–Kier alpha value is 1.67. The normalized spacial score (nSPS) is 0. The second-order valence-electron chi connectivity index (χ2n) is 0. The minimum Gasteiger partial charge on any atom is -0.870 e. The van der Waals surface area contributed by atoms with E-state index in [0.29, 0.717) is 0 Å². The van der Waals surface area contributed by atoms with Gasteiger partial charge in [0.25, 0.3) is 0 Å². The van der Waals surface area contributed by atoms with E-state index in [4.69, 9.17) is 0 Å². The molecule has 9 heteroatoms. The summed E-state index contributed by atoms with van der Waals surface area (Å²) in [5, 5.41) is 0. The molecule has 0 fully saturated rings. The van der Waals surface area contributed by atoms with Crippen molar-refractivity contribution in [3.63, 3.8) is 0 Å². The van der Waals surface area contributed by atoms with Gasteiger partial charge in [-0.2, -0.15) is 0 Å². The third-order valence-corrected chi connectivity index (χ3v) is 0. The molecule has 0 bridgehead atoms. The molecule has 0 saturated carbocycles. The van der Waals surface area contributed by atoms with E-state index in [9.17, 15) is 0 Å². The molecular weight excluding hydrogens is 249 g/mol. The van der Waals surface area contributed by atoms with Crippen LogP contribution in [0.3, 0.4) is 0 Å². The van der Waals surface area contributed by atoms with Gasteiger partial charge in [-0.05, 0) is 0 Å². The van der Waals surface area contributed by atoms with Crippen LogP contribution in [0.2, 0.25) is 0 Å². The summed E-state index contributed by atoms with van der Waals surface area (Å²) in [6.45, 7) is 0. The Morgan fingerprint density at radius 3 is 0.444 bits per heavy atom. The molecule has 0 aliphatic heterocycles.